The minimum absolute atomic E-state index is 0.0417. The maximum absolute atomic E-state index is 7.81. The minimum Gasteiger partial charge on any atom is -0.134 e. The van der Waals surface area contributed by atoms with Crippen molar-refractivity contribution in [3.05, 3.63) is 0 Å². The first kappa shape index (κ1) is 4.63. The van der Waals surface area contributed by atoms with Crippen molar-refractivity contribution in [2.24, 2.45) is 0 Å². The van der Waals surface area contributed by atoms with Crippen LogP contribution in [0.1, 0.15) is 0 Å². The third-order valence-corrected chi connectivity index (χ3v) is 0. The Kier molecular flexibility index (Phi) is 2.21. The highest BCUT2D eigenvalue weighted by molar-refractivity contribution is 9.39. The molecule has 0 amide bonds. The summed E-state index contributed by atoms with van der Waals surface area (Å²) in [6, 6.07) is 0. The van der Waals surface area contributed by atoms with Crippen LogP contribution in [0.25, 0.3) is 0 Å². The van der Waals surface area contributed by atoms with Crippen molar-refractivity contribution in [2.75, 3.05) is 0 Å². The van der Waals surface area contributed by atoms with Crippen LogP contribution in [0, 0.1) is 0 Å². The van der Waals surface area contributed by atoms with E-state index >= 15 is 0 Å². The lowest BCUT2D eigenvalue weighted by atomic mass is 11.8. The van der Waals surface area contributed by atoms with Crippen molar-refractivity contribution in [1.29, 1.82) is 0 Å². The van der Waals surface area contributed by atoms with Crippen LogP contribution in [0.15, 0.2) is 0 Å². The van der Waals surface area contributed by atoms with Crippen molar-refractivity contribution in [2.45, 2.75) is 0 Å². The monoisotopic (exact) mass is 184 g/mol. The van der Waals surface area contributed by atoms with Gasteiger partial charge in [-0.25, -0.2) is 0 Å². The molecule has 0 aromatic rings. The van der Waals surface area contributed by atoms with E-state index in [4.69, 9.17) is 5.41 Å². The van der Waals surface area contributed by atoms with Crippen LogP contribution in [0.4, 0.5) is 0 Å². The Morgan fingerprint density at radius 2 is 1.50 bits per heavy atom. The van der Waals surface area contributed by atoms with Crippen molar-refractivity contribution in [3.8, 4) is 0 Å². The fraction of sp³-hybridized carbons (Fsp3) is 0. The van der Waals surface area contributed by atoms with Gasteiger partial charge in [-0.1, -0.05) is 0 Å². The van der Waals surface area contributed by atoms with Gasteiger partial charge in [0.25, 0.3) is 0 Å². The van der Waals surface area contributed by atoms with E-state index in [9.17, 15) is 0 Å². The molecule has 0 N–H and O–H groups in total. The molecule has 1 nitrogen and oxygen atoms in total. The van der Waals surface area contributed by atoms with Gasteiger partial charge in [-0.15, -0.1) is 5.41 Å². The first-order chi connectivity index (χ1) is 1.73. The molecule has 0 aliphatic carbocycles. The van der Waals surface area contributed by atoms with Crippen LogP contribution in [-0.4, -0.2) is 3.53 Å². The van der Waals surface area contributed by atoms with Crippen LogP contribution < -0.4 is 5.41 Å². The predicted molar refractivity (Wildman–Crippen MR) is 25.0 cm³/mol. The standard InChI is InChI=1S/CBr2N/c2-1(3)4. The van der Waals surface area contributed by atoms with Crippen LogP contribution in [0.3, 0.4) is 0 Å². The first-order valence-electron chi connectivity index (χ1n) is 0.602. The van der Waals surface area contributed by atoms with E-state index in [0.717, 1.165) is 0 Å². The van der Waals surface area contributed by atoms with Crippen LogP contribution in [0.2, 0.25) is 0 Å². The van der Waals surface area contributed by atoms with Gasteiger partial charge in [0.15, 0.2) is 3.53 Å². The van der Waals surface area contributed by atoms with E-state index in [1.165, 1.54) is 0 Å². The van der Waals surface area contributed by atoms with Crippen molar-refractivity contribution in [3.63, 3.8) is 0 Å². The Bertz CT molecular complexity index is 29.0. The van der Waals surface area contributed by atoms with Crippen LogP contribution >= 0.6 is 31.9 Å². The molecule has 0 aliphatic rings. The van der Waals surface area contributed by atoms with Gasteiger partial charge in [-0.3, -0.25) is 0 Å². The molecule has 0 aromatic heterocycles. The van der Waals surface area contributed by atoms with Gasteiger partial charge in [-0.05, 0) is 31.9 Å². The van der Waals surface area contributed by atoms with Crippen LogP contribution in [-0.2, 0) is 0 Å². The lowest BCUT2D eigenvalue weighted by Crippen LogP contribution is -1.57. The second kappa shape index (κ2) is 1.91. The third kappa shape index (κ3) is 17.6. The quantitative estimate of drug-likeness (QED) is 0.502. The summed E-state index contributed by atoms with van der Waals surface area (Å²) in [5.41, 5.74) is 0. The van der Waals surface area contributed by atoms with Gasteiger partial charge in [0.05, 0.1) is 0 Å². The first-order valence-corrected chi connectivity index (χ1v) is 2.19. The summed E-state index contributed by atoms with van der Waals surface area (Å²) in [7, 11) is 0. The Morgan fingerprint density at radius 3 is 1.50 bits per heavy atom. The largest absolute Gasteiger partial charge is 0.171 e. The summed E-state index contributed by atoms with van der Waals surface area (Å²) >= 11 is 5.32. The predicted octanol–water partition coefficient (Wildman–Crippen LogP) is 0.932. The molecular formula is CBr2N. The zero-order chi connectivity index (χ0) is 3.58. The molecule has 0 bridgehead atoms. The lowest BCUT2D eigenvalue weighted by molar-refractivity contribution is 1.95. The number of rotatable bonds is 0. The van der Waals surface area contributed by atoms with Gasteiger partial charge in [-0.2, -0.15) is 0 Å². The fourth-order valence-corrected chi connectivity index (χ4v) is 0. The average molecular weight is 186 g/mol. The Balaban J connectivity index is 2.80. The van der Waals surface area contributed by atoms with Gasteiger partial charge in [0.2, 0.25) is 0 Å². The normalized spacial score (nSPS) is 6.50. The Morgan fingerprint density at radius 1 is 1.50 bits per heavy atom. The van der Waals surface area contributed by atoms with Gasteiger partial charge < -0.3 is 0 Å². The zero-order valence-corrected chi connectivity index (χ0v) is 4.88. The second-order valence-corrected chi connectivity index (χ2v) is 2.81. The molecule has 0 unspecified atom stereocenters. The number of hydrogen-bond donors (Lipinski definition) is 0. The molecule has 0 saturated carbocycles. The van der Waals surface area contributed by atoms with Gasteiger partial charge >= 0.3 is 0 Å². The molecule has 0 saturated heterocycles. The topological polar surface area (TPSA) is 22.3 Å². The Labute approximate surface area is 41.2 Å². The molecule has 23 valence electrons. The molecule has 3 heteroatoms. The lowest BCUT2D eigenvalue weighted by Gasteiger charge is -1.52. The molecule has 0 spiro atoms. The van der Waals surface area contributed by atoms with E-state index < -0.39 is 0 Å². The van der Waals surface area contributed by atoms with Crippen molar-refractivity contribution in [1.82, 2.24) is 5.41 Å². The summed E-state index contributed by atoms with van der Waals surface area (Å²) < 4.78 is 0.0417. The number of halogens is 2. The molecule has 1 radical (unpaired) electrons. The zero-order valence-electron chi connectivity index (χ0n) is 1.70. The van der Waals surface area contributed by atoms with Crippen molar-refractivity contribution >= 4 is 35.4 Å². The molecule has 0 heterocycles. The van der Waals surface area contributed by atoms with Crippen molar-refractivity contribution < 1.29 is 0 Å². The molecule has 0 atom stereocenters. The Hall–Kier alpha value is 0.630. The number of nitrogens with zero attached hydrogens (tertiary/aromatic N) is 1. The van der Waals surface area contributed by atoms with E-state index in [-0.39, 0.29) is 3.53 Å². The highest BCUT2D eigenvalue weighted by Crippen LogP contribution is 1.88. The molecular weight excluding hydrogens is 186 g/mol. The van der Waals surface area contributed by atoms with E-state index in [1.54, 1.807) is 0 Å². The van der Waals surface area contributed by atoms with Gasteiger partial charge in [0, 0.05) is 0 Å². The second-order valence-electron chi connectivity index (χ2n) is 0.240. The average Bonchev–Trinajstić information content (AvgIpc) is 0.811. The molecule has 0 aliphatic heterocycles. The fourth-order valence-electron chi connectivity index (χ4n) is 0. The summed E-state index contributed by atoms with van der Waals surface area (Å²) in [5.74, 6) is 0. The van der Waals surface area contributed by atoms with Crippen LogP contribution in [0.5, 0.6) is 0 Å². The highest BCUT2D eigenvalue weighted by atomic mass is 79.9. The maximum Gasteiger partial charge on any atom is 0.171 e. The third-order valence-electron chi connectivity index (χ3n) is 0. The smallest absolute Gasteiger partial charge is 0.134 e. The summed E-state index contributed by atoms with van der Waals surface area (Å²) in [6.45, 7) is 0. The molecule has 0 aromatic carbocycles. The number of hydrogen-bond acceptors (Lipinski definition) is 0. The van der Waals surface area contributed by atoms with E-state index in [0.29, 0.717) is 0 Å². The van der Waals surface area contributed by atoms with E-state index in [1.807, 2.05) is 0 Å². The molecule has 0 rings (SSSR count). The van der Waals surface area contributed by atoms with Gasteiger partial charge in [0.1, 0.15) is 0 Å². The maximum atomic E-state index is 7.81. The SMILES string of the molecule is [N]=C(Br)Br. The van der Waals surface area contributed by atoms with E-state index in [2.05, 4.69) is 31.9 Å². The highest BCUT2D eigenvalue weighted by Gasteiger charge is 1.65. The summed E-state index contributed by atoms with van der Waals surface area (Å²) in [6.07, 6.45) is 0. The summed E-state index contributed by atoms with van der Waals surface area (Å²) in [4.78, 5) is 0. The molecule has 0 fully saturated rings. The molecule has 4 heavy (non-hydrogen) atoms. The minimum atomic E-state index is 0.0417. The summed E-state index contributed by atoms with van der Waals surface area (Å²) in [5, 5.41) is 7.81.